The number of nitrogens with zero attached hydrogens (tertiary/aromatic N) is 2. The minimum atomic E-state index is -0.0306. The first-order chi connectivity index (χ1) is 9.75. The molecule has 4 heteroatoms. The Morgan fingerprint density at radius 1 is 1.15 bits per heavy atom. The predicted molar refractivity (Wildman–Crippen MR) is 76.4 cm³/mol. The van der Waals surface area contributed by atoms with Crippen LogP contribution in [0.1, 0.15) is 22.2 Å². The number of rotatable bonds is 2. The van der Waals surface area contributed by atoms with Gasteiger partial charge in [0.15, 0.2) is 5.76 Å². The van der Waals surface area contributed by atoms with Gasteiger partial charge in [-0.3, -0.25) is 4.79 Å². The minimum Gasteiger partial charge on any atom is -0.459 e. The van der Waals surface area contributed by atoms with Crippen LogP contribution in [0.15, 0.2) is 53.1 Å². The van der Waals surface area contributed by atoms with Crippen molar-refractivity contribution in [2.24, 2.45) is 0 Å². The van der Waals surface area contributed by atoms with Crippen molar-refractivity contribution >= 4 is 5.91 Å². The molecular weight excluding hydrogens is 252 g/mol. The lowest BCUT2D eigenvalue weighted by molar-refractivity contribution is 0.0468. The van der Waals surface area contributed by atoms with Crippen molar-refractivity contribution in [3.05, 3.63) is 60.1 Å². The Kier molecular flexibility index (Phi) is 3.56. The van der Waals surface area contributed by atoms with Crippen LogP contribution in [0.2, 0.25) is 0 Å². The molecule has 4 nitrogen and oxygen atoms in total. The molecule has 1 unspecified atom stereocenters. The molecule has 1 atom stereocenters. The molecule has 2 heterocycles. The highest BCUT2D eigenvalue weighted by molar-refractivity contribution is 5.91. The fraction of sp³-hybridized carbons (Fsp3) is 0.312. The maximum atomic E-state index is 12.6. The molecule has 0 saturated carbocycles. The van der Waals surface area contributed by atoms with E-state index in [-0.39, 0.29) is 11.9 Å². The number of furan rings is 1. The Morgan fingerprint density at radius 2 is 1.95 bits per heavy atom. The highest BCUT2D eigenvalue weighted by atomic mass is 16.3. The third-order valence-electron chi connectivity index (χ3n) is 3.76. The average molecular weight is 270 g/mol. The number of piperazine rings is 1. The quantitative estimate of drug-likeness (QED) is 0.841. The van der Waals surface area contributed by atoms with Crippen molar-refractivity contribution in [2.45, 2.75) is 6.04 Å². The Balaban J connectivity index is 1.89. The molecule has 1 fully saturated rings. The molecule has 1 aromatic heterocycles. The Morgan fingerprint density at radius 3 is 2.65 bits per heavy atom. The summed E-state index contributed by atoms with van der Waals surface area (Å²) in [5, 5.41) is 0. The molecule has 0 bridgehead atoms. The maximum absolute atomic E-state index is 12.6. The zero-order chi connectivity index (χ0) is 13.9. The fourth-order valence-electron chi connectivity index (χ4n) is 2.66. The van der Waals surface area contributed by atoms with Crippen molar-refractivity contribution < 1.29 is 9.21 Å². The van der Waals surface area contributed by atoms with Gasteiger partial charge in [-0.2, -0.15) is 0 Å². The van der Waals surface area contributed by atoms with E-state index < -0.39 is 0 Å². The van der Waals surface area contributed by atoms with Crippen LogP contribution < -0.4 is 0 Å². The summed E-state index contributed by atoms with van der Waals surface area (Å²) in [5.74, 6) is 0.382. The van der Waals surface area contributed by atoms with Gasteiger partial charge in [-0.05, 0) is 24.7 Å². The van der Waals surface area contributed by atoms with E-state index in [0.29, 0.717) is 5.76 Å². The van der Waals surface area contributed by atoms with Gasteiger partial charge in [-0.25, -0.2) is 0 Å². The molecule has 0 N–H and O–H groups in total. The molecular formula is C16H18N2O2. The number of likely N-dealkylation sites (N-methyl/N-ethyl adjacent to an activating group) is 1. The summed E-state index contributed by atoms with van der Waals surface area (Å²) < 4.78 is 5.25. The average Bonchev–Trinajstić information content (AvgIpc) is 3.02. The normalized spacial score (nSPS) is 20.1. The number of amides is 1. The van der Waals surface area contributed by atoms with E-state index in [4.69, 9.17) is 4.42 Å². The zero-order valence-corrected chi connectivity index (χ0v) is 11.5. The lowest BCUT2D eigenvalue weighted by Crippen LogP contribution is -2.49. The predicted octanol–water partition coefficient (Wildman–Crippen LogP) is 2.41. The highest BCUT2D eigenvalue weighted by Crippen LogP contribution is 2.26. The molecule has 1 aliphatic heterocycles. The third-order valence-corrected chi connectivity index (χ3v) is 3.76. The number of benzene rings is 1. The van der Waals surface area contributed by atoms with Crippen LogP contribution in [-0.2, 0) is 0 Å². The Bertz CT molecular complexity index is 565. The van der Waals surface area contributed by atoms with E-state index in [2.05, 4.69) is 24.1 Å². The summed E-state index contributed by atoms with van der Waals surface area (Å²) in [5.41, 5.74) is 1.17. The second kappa shape index (κ2) is 5.51. The summed E-state index contributed by atoms with van der Waals surface area (Å²) in [6.07, 6.45) is 1.54. The van der Waals surface area contributed by atoms with E-state index in [0.717, 1.165) is 19.6 Å². The fourth-order valence-corrected chi connectivity index (χ4v) is 2.66. The number of hydrogen-bond donors (Lipinski definition) is 0. The summed E-state index contributed by atoms with van der Waals surface area (Å²) in [6, 6.07) is 13.7. The third kappa shape index (κ3) is 2.47. The smallest absolute Gasteiger partial charge is 0.290 e. The van der Waals surface area contributed by atoms with Gasteiger partial charge >= 0.3 is 0 Å². The van der Waals surface area contributed by atoms with Gasteiger partial charge in [0, 0.05) is 19.6 Å². The number of carbonyl (C=O) groups is 1. The SMILES string of the molecule is CN1CCN(C(=O)c2ccco2)C(c2ccccc2)C1. The lowest BCUT2D eigenvalue weighted by atomic mass is 10.0. The molecule has 104 valence electrons. The van der Waals surface area contributed by atoms with Crippen LogP contribution in [0.4, 0.5) is 0 Å². The summed E-state index contributed by atoms with van der Waals surface area (Å²) in [7, 11) is 2.09. The molecule has 1 aliphatic rings. The molecule has 2 aromatic rings. The van der Waals surface area contributed by atoms with E-state index in [1.54, 1.807) is 18.4 Å². The number of carbonyl (C=O) groups excluding carboxylic acids is 1. The number of hydrogen-bond acceptors (Lipinski definition) is 3. The first-order valence-corrected chi connectivity index (χ1v) is 6.83. The Labute approximate surface area is 118 Å². The molecule has 0 spiro atoms. The van der Waals surface area contributed by atoms with Crippen LogP contribution >= 0.6 is 0 Å². The second-order valence-corrected chi connectivity index (χ2v) is 5.16. The molecule has 3 rings (SSSR count). The standard InChI is InChI=1S/C16H18N2O2/c1-17-9-10-18(16(19)15-8-5-11-20-15)14(12-17)13-6-3-2-4-7-13/h2-8,11,14H,9-10,12H2,1H3. The van der Waals surface area contributed by atoms with Crippen LogP contribution in [0.5, 0.6) is 0 Å². The first-order valence-electron chi connectivity index (χ1n) is 6.83. The molecule has 20 heavy (non-hydrogen) atoms. The monoisotopic (exact) mass is 270 g/mol. The van der Waals surface area contributed by atoms with Gasteiger partial charge in [-0.1, -0.05) is 30.3 Å². The molecule has 1 aromatic carbocycles. The largest absolute Gasteiger partial charge is 0.459 e. The van der Waals surface area contributed by atoms with Crippen molar-refractivity contribution in [3.8, 4) is 0 Å². The van der Waals surface area contributed by atoms with Crippen molar-refractivity contribution in [1.29, 1.82) is 0 Å². The summed E-state index contributed by atoms with van der Waals surface area (Å²) >= 11 is 0. The van der Waals surface area contributed by atoms with Gasteiger partial charge in [-0.15, -0.1) is 0 Å². The van der Waals surface area contributed by atoms with Crippen molar-refractivity contribution in [1.82, 2.24) is 9.80 Å². The van der Waals surface area contributed by atoms with Crippen LogP contribution in [0.25, 0.3) is 0 Å². The summed E-state index contributed by atoms with van der Waals surface area (Å²) in [4.78, 5) is 16.7. The van der Waals surface area contributed by atoms with Crippen LogP contribution in [-0.4, -0.2) is 42.4 Å². The Hall–Kier alpha value is -2.07. The summed E-state index contributed by atoms with van der Waals surface area (Å²) in [6.45, 7) is 2.45. The van der Waals surface area contributed by atoms with Crippen LogP contribution in [0.3, 0.4) is 0 Å². The van der Waals surface area contributed by atoms with Gasteiger partial charge < -0.3 is 14.2 Å². The first kappa shape index (κ1) is 12.9. The second-order valence-electron chi connectivity index (χ2n) is 5.16. The van der Waals surface area contributed by atoms with Gasteiger partial charge in [0.2, 0.25) is 0 Å². The van der Waals surface area contributed by atoms with Crippen LogP contribution in [0, 0.1) is 0 Å². The zero-order valence-electron chi connectivity index (χ0n) is 11.5. The molecule has 1 amide bonds. The van der Waals surface area contributed by atoms with Gasteiger partial charge in [0.25, 0.3) is 5.91 Å². The molecule has 0 aliphatic carbocycles. The van der Waals surface area contributed by atoms with Gasteiger partial charge in [0.1, 0.15) is 0 Å². The maximum Gasteiger partial charge on any atom is 0.290 e. The van der Waals surface area contributed by atoms with E-state index in [1.165, 1.54) is 5.56 Å². The van der Waals surface area contributed by atoms with Crippen molar-refractivity contribution in [2.75, 3.05) is 26.7 Å². The highest BCUT2D eigenvalue weighted by Gasteiger charge is 2.31. The van der Waals surface area contributed by atoms with Gasteiger partial charge in [0.05, 0.1) is 12.3 Å². The van der Waals surface area contributed by atoms with E-state index in [1.807, 2.05) is 23.1 Å². The molecule has 1 saturated heterocycles. The van der Waals surface area contributed by atoms with Crippen molar-refractivity contribution in [3.63, 3.8) is 0 Å². The van der Waals surface area contributed by atoms with E-state index >= 15 is 0 Å². The molecule has 0 radical (unpaired) electrons. The lowest BCUT2D eigenvalue weighted by Gasteiger charge is -2.39. The van der Waals surface area contributed by atoms with E-state index in [9.17, 15) is 4.79 Å². The minimum absolute atomic E-state index is 0.0306. The topological polar surface area (TPSA) is 36.7 Å².